The summed E-state index contributed by atoms with van der Waals surface area (Å²) in [5.41, 5.74) is 0. The fourth-order valence-corrected chi connectivity index (χ4v) is 0.616. The summed E-state index contributed by atoms with van der Waals surface area (Å²) in [6, 6.07) is 0. The summed E-state index contributed by atoms with van der Waals surface area (Å²) in [7, 11) is 0. The number of ether oxygens (including phenoxy) is 2. The van der Waals surface area contributed by atoms with Crippen molar-refractivity contribution in [2.75, 3.05) is 13.2 Å². The van der Waals surface area contributed by atoms with Gasteiger partial charge in [0.25, 0.3) is 0 Å². The lowest BCUT2D eigenvalue weighted by Gasteiger charge is -1.90. The van der Waals surface area contributed by atoms with Gasteiger partial charge in [-0.15, -0.1) is 0 Å². The second-order valence-corrected chi connectivity index (χ2v) is 3.20. The largest absolute Gasteiger partial charge is 0.481 e. The van der Waals surface area contributed by atoms with E-state index in [1.807, 2.05) is 0 Å². The predicted octanol–water partition coefficient (Wildman–Crippen LogP) is 1.41. The van der Waals surface area contributed by atoms with E-state index in [9.17, 15) is 19.2 Å². The summed E-state index contributed by atoms with van der Waals surface area (Å²) < 4.78 is 8.87. The Hall–Kier alpha value is -2.64. The van der Waals surface area contributed by atoms with E-state index < -0.39 is 11.9 Å². The van der Waals surface area contributed by atoms with Crippen molar-refractivity contribution in [3.63, 3.8) is 0 Å². The van der Waals surface area contributed by atoms with Crippen LogP contribution in [0, 0.1) is 0 Å². The molecule has 8 heteroatoms. The van der Waals surface area contributed by atoms with Crippen LogP contribution in [0.5, 0.6) is 0 Å². The number of carbonyl (C=O) groups excluding carboxylic acids is 2. The highest BCUT2D eigenvalue weighted by molar-refractivity contribution is 5.81. The number of esters is 2. The zero-order valence-electron chi connectivity index (χ0n) is 12.7. The van der Waals surface area contributed by atoms with Crippen LogP contribution in [0.4, 0.5) is 0 Å². The van der Waals surface area contributed by atoms with Gasteiger partial charge >= 0.3 is 23.9 Å². The molecule has 0 aromatic carbocycles. The minimum Gasteiger partial charge on any atom is -0.481 e. The second kappa shape index (κ2) is 18.4. The van der Waals surface area contributed by atoms with E-state index in [0.717, 1.165) is 12.2 Å². The molecule has 0 atom stereocenters. The molecule has 0 rings (SSSR count). The van der Waals surface area contributed by atoms with Gasteiger partial charge in [0.1, 0.15) is 0 Å². The van der Waals surface area contributed by atoms with E-state index in [2.05, 4.69) is 22.6 Å². The number of hydrogen-bond donors (Lipinski definition) is 2. The van der Waals surface area contributed by atoms with E-state index in [1.165, 1.54) is 0 Å². The molecule has 22 heavy (non-hydrogen) atoms. The first-order valence-corrected chi connectivity index (χ1v) is 6.26. The summed E-state index contributed by atoms with van der Waals surface area (Å²) >= 11 is 0. The lowest BCUT2D eigenvalue weighted by molar-refractivity contribution is -0.143. The molecule has 0 saturated carbocycles. The fourth-order valence-electron chi connectivity index (χ4n) is 0.616. The van der Waals surface area contributed by atoms with Crippen molar-refractivity contribution in [2.24, 2.45) is 0 Å². The number of carbonyl (C=O) groups is 4. The van der Waals surface area contributed by atoms with Gasteiger partial charge in [0.2, 0.25) is 0 Å². The van der Waals surface area contributed by atoms with Crippen molar-refractivity contribution < 1.29 is 38.9 Å². The first kappa shape index (κ1) is 24.4. The zero-order chi connectivity index (χ0) is 18.0. The predicted molar refractivity (Wildman–Crippen MR) is 78.2 cm³/mol. The third-order valence-electron chi connectivity index (χ3n) is 1.46. The van der Waals surface area contributed by atoms with Crippen LogP contribution in [-0.2, 0) is 28.7 Å². The van der Waals surface area contributed by atoms with Gasteiger partial charge in [-0.2, -0.15) is 0 Å². The van der Waals surface area contributed by atoms with E-state index in [1.54, 1.807) is 13.8 Å². The molecule has 0 heterocycles. The Labute approximate surface area is 129 Å². The molecule has 0 aromatic heterocycles. The SMILES string of the molecule is C=CC(=O)OCC.C=CC(=O)OCC.O=C(O)CCC(=O)O. The lowest BCUT2D eigenvalue weighted by atomic mass is 10.3. The van der Waals surface area contributed by atoms with Gasteiger partial charge in [0.05, 0.1) is 26.1 Å². The molecular weight excluding hydrogens is 296 g/mol. The van der Waals surface area contributed by atoms with Crippen molar-refractivity contribution in [3.8, 4) is 0 Å². The summed E-state index contributed by atoms with van der Waals surface area (Å²) in [4.78, 5) is 39.4. The Kier molecular flexibility index (Phi) is 20.3. The van der Waals surface area contributed by atoms with Crippen LogP contribution in [0.2, 0.25) is 0 Å². The third-order valence-corrected chi connectivity index (χ3v) is 1.46. The van der Waals surface area contributed by atoms with Crippen molar-refractivity contribution in [1.82, 2.24) is 0 Å². The van der Waals surface area contributed by atoms with Gasteiger partial charge in [-0.1, -0.05) is 13.2 Å². The molecule has 0 aliphatic rings. The molecule has 0 bridgehead atoms. The second-order valence-electron chi connectivity index (χ2n) is 3.20. The molecule has 8 nitrogen and oxygen atoms in total. The fraction of sp³-hybridized carbons (Fsp3) is 0.429. The number of carboxylic acid groups (broad SMARTS) is 2. The van der Waals surface area contributed by atoms with Crippen molar-refractivity contribution in [1.29, 1.82) is 0 Å². The molecule has 0 amide bonds. The average Bonchev–Trinajstić information content (AvgIpc) is 2.46. The van der Waals surface area contributed by atoms with Crippen LogP contribution in [0.15, 0.2) is 25.3 Å². The van der Waals surface area contributed by atoms with Gasteiger partial charge < -0.3 is 19.7 Å². The van der Waals surface area contributed by atoms with Crippen LogP contribution in [0.3, 0.4) is 0 Å². The molecule has 0 radical (unpaired) electrons. The standard InChI is InChI=1S/2C5H8O2.C4H6O4/c2*1-3-5(6)7-4-2;5-3(6)1-2-4(7)8/h2*3H,1,4H2,2H3;1-2H2,(H,5,6)(H,7,8). The molecule has 0 aliphatic carbocycles. The van der Waals surface area contributed by atoms with Crippen molar-refractivity contribution in [2.45, 2.75) is 26.7 Å². The third kappa shape index (κ3) is 30.4. The molecule has 0 aliphatic heterocycles. The van der Waals surface area contributed by atoms with E-state index in [-0.39, 0.29) is 24.8 Å². The Bertz CT molecular complexity index is 337. The Morgan fingerprint density at radius 1 is 0.818 bits per heavy atom. The molecule has 0 aromatic rings. The van der Waals surface area contributed by atoms with E-state index >= 15 is 0 Å². The molecule has 0 fully saturated rings. The molecule has 2 N–H and O–H groups in total. The number of rotatable bonds is 7. The summed E-state index contributed by atoms with van der Waals surface area (Å²) in [6.45, 7) is 10.8. The Balaban J connectivity index is -0.000000247. The van der Waals surface area contributed by atoms with Crippen molar-refractivity contribution >= 4 is 23.9 Å². The van der Waals surface area contributed by atoms with Crippen LogP contribution in [0.1, 0.15) is 26.7 Å². The molecule has 0 saturated heterocycles. The Morgan fingerprint density at radius 2 is 1.09 bits per heavy atom. The summed E-state index contributed by atoms with van der Waals surface area (Å²) in [6.07, 6.45) is 1.69. The molecular formula is C14H22O8. The maximum absolute atomic E-state index is 10.1. The first-order chi connectivity index (χ1) is 10.2. The van der Waals surface area contributed by atoms with E-state index in [0.29, 0.717) is 13.2 Å². The monoisotopic (exact) mass is 318 g/mol. The maximum atomic E-state index is 10.1. The zero-order valence-corrected chi connectivity index (χ0v) is 12.7. The maximum Gasteiger partial charge on any atom is 0.330 e. The Morgan fingerprint density at radius 3 is 1.18 bits per heavy atom. The molecule has 0 spiro atoms. The van der Waals surface area contributed by atoms with Gasteiger partial charge in [0.15, 0.2) is 0 Å². The van der Waals surface area contributed by atoms with Gasteiger partial charge in [-0.3, -0.25) is 9.59 Å². The minimum absolute atomic E-state index is 0.296. The van der Waals surface area contributed by atoms with Gasteiger partial charge in [-0.05, 0) is 13.8 Å². The van der Waals surface area contributed by atoms with Gasteiger partial charge in [0, 0.05) is 12.2 Å². The average molecular weight is 318 g/mol. The highest BCUT2D eigenvalue weighted by Gasteiger charge is 2.00. The molecule has 126 valence electrons. The highest BCUT2D eigenvalue weighted by Crippen LogP contribution is 1.86. The minimum atomic E-state index is -1.08. The molecule has 0 unspecified atom stereocenters. The van der Waals surface area contributed by atoms with Crippen LogP contribution < -0.4 is 0 Å². The lowest BCUT2D eigenvalue weighted by Crippen LogP contribution is -2.00. The smallest absolute Gasteiger partial charge is 0.330 e. The van der Waals surface area contributed by atoms with Crippen LogP contribution >= 0.6 is 0 Å². The quantitative estimate of drug-likeness (QED) is 0.532. The number of hydrogen-bond acceptors (Lipinski definition) is 6. The normalized spacial score (nSPS) is 7.91. The van der Waals surface area contributed by atoms with Gasteiger partial charge in [-0.25, -0.2) is 9.59 Å². The summed E-state index contributed by atoms with van der Waals surface area (Å²) in [5, 5.41) is 15.8. The topological polar surface area (TPSA) is 127 Å². The number of aliphatic carboxylic acids is 2. The van der Waals surface area contributed by atoms with E-state index in [4.69, 9.17) is 10.2 Å². The van der Waals surface area contributed by atoms with Crippen LogP contribution in [-0.4, -0.2) is 47.3 Å². The highest BCUT2D eigenvalue weighted by atomic mass is 16.5. The van der Waals surface area contributed by atoms with Crippen LogP contribution in [0.25, 0.3) is 0 Å². The van der Waals surface area contributed by atoms with Crippen molar-refractivity contribution in [3.05, 3.63) is 25.3 Å². The first-order valence-electron chi connectivity index (χ1n) is 6.26. The summed E-state index contributed by atoms with van der Waals surface area (Å²) in [5.74, 6) is -2.87. The number of carboxylic acids is 2.